The maximum absolute atomic E-state index is 11.0. The summed E-state index contributed by atoms with van der Waals surface area (Å²) in [5, 5.41) is 15.2. The van der Waals surface area contributed by atoms with Crippen LogP contribution in [0.15, 0.2) is 52.9 Å². The van der Waals surface area contributed by atoms with Crippen LogP contribution >= 0.6 is 0 Å². The summed E-state index contributed by atoms with van der Waals surface area (Å²) in [6.07, 6.45) is 0. The molecule has 0 saturated carbocycles. The van der Waals surface area contributed by atoms with Gasteiger partial charge in [0.15, 0.2) is 0 Å². The van der Waals surface area contributed by atoms with Crippen LogP contribution in [0.4, 0.5) is 11.4 Å². The summed E-state index contributed by atoms with van der Waals surface area (Å²) in [5.74, 6) is 0.822. The standard InChI is InChI=1S/C16H14N2O3/c1-11-13(12-6-2-5-9-16(12)21-11)10-17-14-7-3-4-8-15(14)18(19)20/h2-9,17H,10H2,1H3. The summed E-state index contributed by atoms with van der Waals surface area (Å²) in [6.45, 7) is 2.38. The Morgan fingerprint density at radius 3 is 2.67 bits per heavy atom. The summed E-state index contributed by atoms with van der Waals surface area (Å²) in [5.41, 5.74) is 2.42. The fourth-order valence-electron chi connectivity index (χ4n) is 2.41. The van der Waals surface area contributed by atoms with Gasteiger partial charge in [0.05, 0.1) is 4.92 Å². The smallest absolute Gasteiger partial charge is 0.292 e. The normalized spacial score (nSPS) is 10.7. The van der Waals surface area contributed by atoms with Crippen LogP contribution in [0.25, 0.3) is 11.0 Å². The molecule has 5 heteroatoms. The van der Waals surface area contributed by atoms with Gasteiger partial charge in [0.2, 0.25) is 0 Å². The fraction of sp³-hybridized carbons (Fsp3) is 0.125. The monoisotopic (exact) mass is 282 g/mol. The summed E-state index contributed by atoms with van der Waals surface area (Å²) in [6, 6.07) is 14.4. The molecule has 1 heterocycles. The number of aryl methyl sites for hydroxylation is 1. The lowest BCUT2D eigenvalue weighted by Gasteiger charge is -2.06. The number of anilines is 1. The maximum Gasteiger partial charge on any atom is 0.292 e. The van der Waals surface area contributed by atoms with E-state index in [2.05, 4.69) is 5.32 Å². The molecular weight excluding hydrogens is 268 g/mol. The lowest BCUT2D eigenvalue weighted by molar-refractivity contribution is -0.384. The highest BCUT2D eigenvalue weighted by atomic mass is 16.6. The first-order chi connectivity index (χ1) is 10.2. The minimum atomic E-state index is -0.386. The van der Waals surface area contributed by atoms with Gasteiger partial charge < -0.3 is 9.73 Å². The Hall–Kier alpha value is -2.82. The van der Waals surface area contributed by atoms with Gasteiger partial charge >= 0.3 is 0 Å². The van der Waals surface area contributed by atoms with Gasteiger partial charge in [-0.05, 0) is 19.1 Å². The Kier molecular flexibility index (Phi) is 3.31. The number of nitro groups is 1. The van der Waals surface area contributed by atoms with Crippen LogP contribution in [-0.2, 0) is 6.54 Å². The van der Waals surface area contributed by atoms with Crippen molar-refractivity contribution in [1.29, 1.82) is 0 Å². The highest BCUT2D eigenvalue weighted by Gasteiger charge is 2.14. The second-order valence-corrected chi connectivity index (χ2v) is 4.76. The summed E-state index contributed by atoms with van der Waals surface area (Å²) in [4.78, 5) is 10.6. The van der Waals surface area contributed by atoms with Gasteiger partial charge in [-0.25, -0.2) is 0 Å². The number of hydrogen-bond donors (Lipinski definition) is 1. The molecule has 3 rings (SSSR count). The lowest BCUT2D eigenvalue weighted by Crippen LogP contribution is -2.03. The summed E-state index contributed by atoms with van der Waals surface area (Å²) < 4.78 is 5.69. The predicted molar refractivity (Wildman–Crippen MR) is 81.4 cm³/mol. The molecule has 0 aliphatic heterocycles. The topological polar surface area (TPSA) is 68.3 Å². The number of nitro benzene ring substituents is 1. The first-order valence-corrected chi connectivity index (χ1v) is 6.61. The number of fused-ring (bicyclic) bond motifs is 1. The van der Waals surface area contributed by atoms with Gasteiger partial charge in [-0.3, -0.25) is 10.1 Å². The molecule has 1 N–H and O–H groups in total. The molecule has 0 spiro atoms. The van der Waals surface area contributed by atoms with Crippen LogP contribution in [0.2, 0.25) is 0 Å². The number of rotatable bonds is 4. The third kappa shape index (κ3) is 2.45. The first-order valence-electron chi connectivity index (χ1n) is 6.61. The van der Waals surface area contributed by atoms with E-state index in [0.717, 1.165) is 22.3 Å². The van der Waals surface area contributed by atoms with E-state index in [1.165, 1.54) is 6.07 Å². The zero-order valence-electron chi connectivity index (χ0n) is 11.5. The van der Waals surface area contributed by atoms with Crippen LogP contribution in [0.3, 0.4) is 0 Å². The fourth-order valence-corrected chi connectivity index (χ4v) is 2.41. The second kappa shape index (κ2) is 5.28. The van der Waals surface area contributed by atoms with Crippen molar-refractivity contribution in [2.24, 2.45) is 0 Å². The zero-order valence-corrected chi connectivity index (χ0v) is 11.5. The predicted octanol–water partition coefficient (Wildman–Crippen LogP) is 4.26. The van der Waals surface area contributed by atoms with Gasteiger partial charge in [-0.2, -0.15) is 0 Å². The molecule has 0 fully saturated rings. The van der Waals surface area contributed by atoms with E-state index in [4.69, 9.17) is 4.42 Å². The number of furan rings is 1. The van der Waals surface area contributed by atoms with Gasteiger partial charge in [-0.15, -0.1) is 0 Å². The average molecular weight is 282 g/mol. The molecule has 21 heavy (non-hydrogen) atoms. The quantitative estimate of drug-likeness (QED) is 0.573. The maximum atomic E-state index is 11.0. The number of para-hydroxylation sites is 3. The molecule has 0 atom stereocenters. The van der Waals surface area contributed by atoms with E-state index in [1.807, 2.05) is 31.2 Å². The Labute approximate surface area is 121 Å². The van der Waals surface area contributed by atoms with Crippen molar-refractivity contribution >= 4 is 22.3 Å². The van der Waals surface area contributed by atoms with Crippen LogP contribution in [-0.4, -0.2) is 4.92 Å². The third-order valence-electron chi connectivity index (χ3n) is 3.46. The van der Waals surface area contributed by atoms with Gasteiger partial charge in [0.1, 0.15) is 17.0 Å². The van der Waals surface area contributed by atoms with E-state index in [1.54, 1.807) is 18.2 Å². The summed E-state index contributed by atoms with van der Waals surface area (Å²) >= 11 is 0. The van der Waals surface area contributed by atoms with E-state index in [9.17, 15) is 10.1 Å². The molecule has 0 aliphatic carbocycles. The van der Waals surface area contributed by atoms with Crippen molar-refractivity contribution in [3.8, 4) is 0 Å². The van der Waals surface area contributed by atoms with Crippen molar-refractivity contribution in [2.45, 2.75) is 13.5 Å². The van der Waals surface area contributed by atoms with Crippen molar-refractivity contribution < 1.29 is 9.34 Å². The number of nitrogens with zero attached hydrogens (tertiary/aromatic N) is 1. The van der Waals surface area contributed by atoms with Crippen molar-refractivity contribution in [3.63, 3.8) is 0 Å². The molecule has 0 aliphatic rings. The molecule has 0 radical (unpaired) electrons. The molecule has 0 amide bonds. The molecule has 5 nitrogen and oxygen atoms in total. The number of benzene rings is 2. The Bertz CT molecular complexity index is 808. The Morgan fingerprint density at radius 1 is 1.14 bits per heavy atom. The van der Waals surface area contributed by atoms with Crippen molar-refractivity contribution in [3.05, 3.63) is 70.0 Å². The van der Waals surface area contributed by atoms with E-state index in [-0.39, 0.29) is 10.6 Å². The average Bonchev–Trinajstić information content (AvgIpc) is 2.81. The van der Waals surface area contributed by atoms with Crippen LogP contribution in [0.5, 0.6) is 0 Å². The summed E-state index contributed by atoms with van der Waals surface area (Å²) in [7, 11) is 0. The second-order valence-electron chi connectivity index (χ2n) is 4.76. The molecule has 106 valence electrons. The molecule has 1 aromatic heterocycles. The largest absolute Gasteiger partial charge is 0.461 e. The Morgan fingerprint density at radius 2 is 1.86 bits per heavy atom. The van der Waals surface area contributed by atoms with Gasteiger partial charge in [-0.1, -0.05) is 30.3 Å². The van der Waals surface area contributed by atoms with E-state index < -0.39 is 0 Å². The van der Waals surface area contributed by atoms with E-state index in [0.29, 0.717) is 12.2 Å². The van der Waals surface area contributed by atoms with Gasteiger partial charge in [0, 0.05) is 23.6 Å². The molecule has 0 unspecified atom stereocenters. The third-order valence-corrected chi connectivity index (χ3v) is 3.46. The van der Waals surface area contributed by atoms with Crippen LogP contribution in [0.1, 0.15) is 11.3 Å². The highest BCUT2D eigenvalue weighted by molar-refractivity contribution is 5.82. The molecule has 2 aromatic carbocycles. The minimum Gasteiger partial charge on any atom is -0.461 e. The minimum absolute atomic E-state index is 0.0722. The van der Waals surface area contributed by atoms with Crippen molar-refractivity contribution in [2.75, 3.05) is 5.32 Å². The van der Waals surface area contributed by atoms with Crippen LogP contribution < -0.4 is 5.32 Å². The molecule has 0 bridgehead atoms. The first kappa shape index (κ1) is 13.2. The van der Waals surface area contributed by atoms with Gasteiger partial charge in [0.25, 0.3) is 5.69 Å². The van der Waals surface area contributed by atoms with Crippen LogP contribution in [0, 0.1) is 17.0 Å². The highest BCUT2D eigenvalue weighted by Crippen LogP contribution is 2.28. The molecule has 0 saturated heterocycles. The molecular formula is C16H14N2O3. The van der Waals surface area contributed by atoms with E-state index >= 15 is 0 Å². The number of hydrogen-bond acceptors (Lipinski definition) is 4. The SMILES string of the molecule is Cc1oc2ccccc2c1CNc1ccccc1[N+](=O)[O-]. The molecule has 3 aromatic rings. The zero-order chi connectivity index (χ0) is 14.8. The lowest BCUT2D eigenvalue weighted by atomic mass is 10.1. The van der Waals surface area contributed by atoms with Crippen molar-refractivity contribution in [1.82, 2.24) is 0 Å². The number of nitrogens with one attached hydrogen (secondary N) is 1. The Balaban J connectivity index is 1.91.